The lowest BCUT2D eigenvalue weighted by Crippen LogP contribution is -2.09. The van der Waals surface area contributed by atoms with Crippen molar-refractivity contribution in [1.29, 1.82) is 0 Å². The minimum absolute atomic E-state index is 0.114. The third-order valence-corrected chi connectivity index (χ3v) is 3.41. The maximum Gasteiger partial charge on any atom is 0.0581 e. The van der Waals surface area contributed by atoms with E-state index < -0.39 is 0 Å². The van der Waals surface area contributed by atoms with Gasteiger partial charge in [0.05, 0.1) is 17.4 Å². The van der Waals surface area contributed by atoms with E-state index in [1.807, 2.05) is 49.4 Å². The van der Waals surface area contributed by atoms with Crippen molar-refractivity contribution in [2.75, 3.05) is 11.1 Å². The van der Waals surface area contributed by atoms with Crippen LogP contribution >= 0.6 is 11.6 Å². The molecule has 0 saturated carbocycles. The lowest BCUT2D eigenvalue weighted by molar-refractivity contribution is 0.885. The zero-order valence-corrected chi connectivity index (χ0v) is 11.3. The van der Waals surface area contributed by atoms with E-state index in [-0.39, 0.29) is 6.04 Å². The number of anilines is 2. The van der Waals surface area contributed by atoms with Crippen LogP contribution in [0.3, 0.4) is 0 Å². The minimum Gasteiger partial charge on any atom is -0.397 e. The predicted octanol–water partition coefficient (Wildman–Crippen LogP) is 4.40. The van der Waals surface area contributed by atoms with E-state index >= 15 is 0 Å². The van der Waals surface area contributed by atoms with Gasteiger partial charge in [-0.05, 0) is 37.1 Å². The van der Waals surface area contributed by atoms with Gasteiger partial charge in [0.1, 0.15) is 0 Å². The Balaban J connectivity index is 2.24. The Morgan fingerprint density at radius 2 is 1.83 bits per heavy atom. The summed E-state index contributed by atoms with van der Waals surface area (Å²) in [5.41, 5.74) is 9.93. The molecule has 0 aliphatic rings. The molecule has 3 N–H and O–H groups in total. The highest BCUT2D eigenvalue weighted by molar-refractivity contribution is 6.31. The predicted molar refractivity (Wildman–Crippen MR) is 79.1 cm³/mol. The molecule has 2 aromatic carbocycles. The van der Waals surface area contributed by atoms with E-state index in [0.717, 1.165) is 27.5 Å². The van der Waals surface area contributed by atoms with Crippen molar-refractivity contribution < 1.29 is 0 Å². The summed E-state index contributed by atoms with van der Waals surface area (Å²) in [6.07, 6.45) is 0. The first kappa shape index (κ1) is 12.8. The molecular weight excluding hydrogens is 244 g/mol. The quantitative estimate of drug-likeness (QED) is 0.803. The largest absolute Gasteiger partial charge is 0.397 e. The van der Waals surface area contributed by atoms with Gasteiger partial charge in [0.2, 0.25) is 0 Å². The summed E-state index contributed by atoms with van der Waals surface area (Å²) < 4.78 is 0. The molecule has 0 aliphatic heterocycles. The van der Waals surface area contributed by atoms with Crippen molar-refractivity contribution in [3.63, 3.8) is 0 Å². The number of aryl methyl sites for hydroxylation is 1. The lowest BCUT2D eigenvalue weighted by Gasteiger charge is -2.19. The zero-order chi connectivity index (χ0) is 13.1. The van der Waals surface area contributed by atoms with Gasteiger partial charge in [-0.3, -0.25) is 0 Å². The summed E-state index contributed by atoms with van der Waals surface area (Å²) in [4.78, 5) is 0. The van der Waals surface area contributed by atoms with Crippen LogP contribution in [0.15, 0.2) is 42.5 Å². The fourth-order valence-electron chi connectivity index (χ4n) is 1.94. The zero-order valence-electron chi connectivity index (χ0n) is 10.6. The molecule has 0 radical (unpaired) electrons. The second-order valence-corrected chi connectivity index (χ2v) is 4.83. The molecule has 0 saturated heterocycles. The van der Waals surface area contributed by atoms with E-state index in [1.165, 1.54) is 0 Å². The normalized spacial score (nSPS) is 12.2. The summed E-state index contributed by atoms with van der Waals surface area (Å²) in [6, 6.07) is 13.9. The van der Waals surface area contributed by atoms with Gasteiger partial charge in [0.25, 0.3) is 0 Å². The molecule has 2 nitrogen and oxygen atoms in total. The van der Waals surface area contributed by atoms with E-state index in [2.05, 4.69) is 12.2 Å². The van der Waals surface area contributed by atoms with Crippen molar-refractivity contribution in [1.82, 2.24) is 0 Å². The number of rotatable bonds is 3. The minimum atomic E-state index is 0.114. The Labute approximate surface area is 113 Å². The van der Waals surface area contributed by atoms with E-state index in [9.17, 15) is 0 Å². The molecule has 0 spiro atoms. The average molecular weight is 261 g/mol. The van der Waals surface area contributed by atoms with Crippen LogP contribution in [0.25, 0.3) is 0 Å². The molecule has 0 fully saturated rings. The Hall–Kier alpha value is -1.67. The summed E-state index contributed by atoms with van der Waals surface area (Å²) in [7, 11) is 0. The van der Waals surface area contributed by atoms with Gasteiger partial charge in [-0.15, -0.1) is 0 Å². The van der Waals surface area contributed by atoms with Crippen LogP contribution in [0.2, 0.25) is 5.02 Å². The Kier molecular flexibility index (Phi) is 3.78. The summed E-state index contributed by atoms with van der Waals surface area (Å²) in [6.45, 7) is 4.07. The Bertz CT molecular complexity index is 552. The van der Waals surface area contributed by atoms with Gasteiger partial charge in [-0.1, -0.05) is 41.9 Å². The van der Waals surface area contributed by atoms with Crippen molar-refractivity contribution in [2.24, 2.45) is 0 Å². The number of hydrogen-bond donors (Lipinski definition) is 2. The highest BCUT2D eigenvalue weighted by Crippen LogP contribution is 2.29. The summed E-state index contributed by atoms with van der Waals surface area (Å²) >= 11 is 6.19. The molecule has 18 heavy (non-hydrogen) atoms. The topological polar surface area (TPSA) is 38.0 Å². The molecule has 0 heterocycles. The molecule has 3 heteroatoms. The van der Waals surface area contributed by atoms with Crippen LogP contribution in [0.5, 0.6) is 0 Å². The van der Waals surface area contributed by atoms with Crippen LogP contribution in [0, 0.1) is 6.92 Å². The average Bonchev–Trinajstić information content (AvgIpc) is 2.35. The van der Waals surface area contributed by atoms with Gasteiger partial charge < -0.3 is 11.1 Å². The van der Waals surface area contributed by atoms with Crippen LogP contribution in [-0.2, 0) is 0 Å². The molecular formula is C15H17ClN2. The first-order valence-corrected chi connectivity index (χ1v) is 6.33. The molecule has 1 atom stereocenters. The Morgan fingerprint density at radius 1 is 1.11 bits per heavy atom. The molecule has 1 unspecified atom stereocenters. The van der Waals surface area contributed by atoms with Crippen LogP contribution in [0.4, 0.5) is 11.4 Å². The second kappa shape index (κ2) is 5.32. The third kappa shape index (κ3) is 2.59. The van der Waals surface area contributed by atoms with Gasteiger partial charge in [-0.2, -0.15) is 0 Å². The van der Waals surface area contributed by atoms with Crippen LogP contribution in [-0.4, -0.2) is 0 Å². The monoisotopic (exact) mass is 260 g/mol. The molecule has 2 rings (SSSR count). The van der Waals surface area contributed by atoms with Gasteiger partial charge in [0.15, 0.2) is 0 Å². The fourth-order valence-corrected chi connectivity index (χ4v) is 2.24. The SMILES string of the molecule is Cc1cccc(NC(C)c2ccccc2Cl)c1N. The van der Waals surface area contributed by atoms with Crippen molar-refractivity contribution in [2.45, 2.75) is 19.9 Å². The molecule has 0 aromatic heterocycles. The maximum absolute atomic E-state index is 6.19. The third-order valence-electron chi connectivity index (χ3n) is 3.07. The number of hydrogen-bond acceptors (Lipinski definition) is 2. The highest BCUT2D eigenvalue weighted by Gasteiger charge is 2.10. The van der Waals surface area contributed by atoms with Gasteiger partial charge in [-0.25, -0.2) is 0 Å². The number of benzene rings is 2. The highest BCUT2D eigenvalue weighted by atomic mass is 35.5. The van der Waals surface area contributed by atoms with Crippen molar-refractivity contribution in [3.8, 4) is 0 Å². The van der Waals surface area contributed by atoms with Crippen LogP contribution in [0.1, 0.15) is 24.1 Å². The standard InChI is InChI=1S/C15H17ClN2/c1-10-6-5-9-14(15(10)17)18-11(2)12-7-3-4-8-13(12)16/h3-9,11,18H,17H2,1-2H3. The van der Waals surface area contributed by atoms with E-state index in [4.69, 9.17) is 17.3 Å². The van der Waals surface area contributed by atoms with Gasteiger partial charge in [0, 0.05) is 5.02 Å². The fraction of sp³-hybridized carbons (Fsp3) is 0.200. The number of nitrogens with two attached hydrogens (primary N) is 1. The van der Waals surface area contributed by atoms with Crippen LogP contribution < -0.4 is 11.1 Å². The molecule has 94 valence electrons. The van der Waals surface area contributed by atoms with Gasteiger partial charge >= 0.3 is 0 Å². The summed E-state index contributed by atoms with van der Waals surface area (Å²) in [5.74, 6) is 0. The number of nitrogens with one attached hydrogen (secondary N) is 1. The molecule has 0 aliphatic carbocycles. The first-order chi connectivity index (χ1) is 8.59. The van der Waals surface area contributed by atoms with Crippen molar-refractivity contribution in [3.05, 3.63) is 58.6 Å². The molecule has 0 bridgehead atoms. The molecule has 2 aromatic rings. The maximum atomic E-state index is 6.19. The van der Waals surface area contributed by atoms with E-state index in [0.29, 0.717) is 0 Å². The second-order valence-electron chi connectivity index (χ2n) is 4.42. The number of halogens is 1. The smallest absolute Gasteiger partial charge is 0.0581 e. The Morgan fingerprint density at radius 3 is 2.56 bits per heavy atom. The number of nitrogen functional groups attached to an aromatic ring is 1. The lowest BCUT2D eigenvalue weighted by atomic mass is 10.1. The van der Waals surface area contributed by atoms with Crippen molar-refractivity contribution >= 4 is 23.0 Å². The first-order valence-electron chi connectivity index (χ1n) is 5.95. The number of para-hydroxylation sites is 1. The summed E-state index contributed by atoms with van der Waals surface area (Å²) in [5, 5.41) is 4.17. The molecule has 0 amide bonds. The van der Waals surface area contributed by atoms with E-state index in [1.54, 1.807) is 0 Å².